The number of thioether (sulfide) groups is 1. The number of hydrogen-bond donors (Lipinski definition) is 1. The number of imidazole rings is 1. The van der Waals surface area contributed by atoms with Gasteiger partial charge in [-0.1, -0.05) is 42.1 Å². The first-order valence-corrected chi connectivity index (χ1v) is 9.78. The lowest BCUT2D eigenvalue weighted by atomic mass is 10.1. The van der Waals surface area contributed by atoms with E-state index in [2.05, 4.69) is 9.55 Å². The van der Waals surface area contributed by atoms with Crippen molar-refractivity contribution in [3.05, 3.63) is 60.3 Å². The zero-order valence-corrected chi connectivity index (χ0v) is 16.1. The first kappa shape index (κ1) is 17.8. The summed E-state index contributed by atoms with van der Waals surface area (Å²) >= 11 is 1.49. The zero-order valence-electron chi connectivity index (χ0n) is 15.3. The highest BCUT2D eigenvalue weighted by Gasteiger charge is 2.22. The van der Waals surface area contributed by atoms with Gasteiger partial charge in [-0.15, -0.1) is 0 Å². The van der Waals surface area contributed by atoms with Crippen molar-refractivity contribution < 1.29 is 9.53 Å². The average molecular weight is 379 g/mol. The van der Waals surface area contributed by atoms with E-state index in [1.165, 1.54) is 11.8 Å². The molecule has 0 spiro atoms. The number of fused-ring (bicyclic) bond motifs is 2. The van der Waals surface area contributed by atoms with E-state index in [0.29, 0.717) is 13.2 Å². The van der Waals surface area contributed by atoms with Crippen molar-refractivity contribution in [2.45, 2.75) is 23.9 Å². The molecule has 0 aliphatic heterocycles. The van der Waals surface area contributed by atoms with E-state index < -0.39 is 0 Å². The minimum atomic E-state index is -0.248. The minimum absolute atomic E-state index is 0.0998. The van der Waals surface area contributed by atoms with Gasteiger partial charge in [-0.05, 0) is 25.1 Å². The number of hydrogen-bond acceptors (Lipinski definition) is 4. The van der Waals surface area contributed by atoms with Gasteiger partial charge in [0.25, 0.3) is 0 Å². The van der Waals surface area contributed by atoms with Crippen molar-refractivity contribution in [2.24, 2.45) is 0 Å². The highest BCUT2D eigenvalue weighted by molar-refractivity contribution is 8.00. The lowest BCUT2D eigenvalue weighted by Crippen LogP contribution is -2.15. The summed E-state index contributed by atoms with van der Waals surface area (Å²) in [6.45, 7) is 3.24. The van der Waals surface area contributed by atoms with Crippen LogP contribution < -0.4 is 0 Å². The van der Waals surface area contributed by atoms with E-state index in [4.69, 9.17) is 9.72 Å². The molecule has 0 aliphatic rings. The molecule has 0 fully saturated rings. The number of carbonyl (C=O) groups is 1. The number of H-pyrrole nitrogens is 1. The summed E-state index contributed by atoms with van der Waals surface area (Å²) in [7, 11) is 1.69. The van der Waals surface area contributed by atoms with E-state index in [1.807, 2.05) is 55.5 Å². The summed E-state index contributed by atoms with van der Waals surface area (Å²) in [6.07, 6.45) is 1.80. The molecule has 0 aliphatic carbocycles. The van der Waals surface area contributed by atoms with E-state index in [-0.39, 0.29) is 11.0 Å². The van der Waals surface area contributed by atoms with Gasteiger partial charge in [0.05, 0.1) is 22.9 Å². The molecule has 4 aromatic rings. The number of nitrogens with zero attached hydrogens (tertiary/aromatic N) is 2. The largest absolute Gasteiger partial charge is 0.383 e. The summed E-state index contributed by atoms with van der Waals surface area (Å²) in [5.74, 6) is 0.0998. The molecule has 138 valence electrons. The molecule has 2 aromatic heterocycles. The van der Waals surface area contributed by atoms with Crippen LogP contribution in [0.4, 0.5) is 0 Å². The van der Waals surface area contributed by atoms with E-state index in [1.54, 1.807) is 13.3 Å². The fourth-order valence-corrected chi connectivity index (χ4v) is 4.27. The normalized spacial score (nSPS) is 12.7. The van der Waals surface area contributed by atoms with Crippen molar-refractivity contribution in [3.63, 3.8) is 0 Å². The molecule has 4 rings (SSSR count). The number of aromatic nitrogens is 3. The summed E-state index contributed by atoms with van der Waals surface area (Å²) in [6, 6.07) is 15.9. The number of para-hydroxylation sites is 3. The van der Waals surface area contributed by atoms with Crippen LogP contribution in [0.15, 0.2) is 59.9 Å². The van der Waals surface area contributed by atoms with Crippen molar-refractivity contribution >= 4 is 39.5 Å². The molecule has 0 bridgehead atoms. The maximum absolute atomic E-state index is 13.1. The number of aromatic amines is 1. The lowest BCUT2D eigenvalue weighted by molar-refractivity contribution is 0.0995. The van der Waals surface area contributed by atoms with E-state index in [9.17, 15) is 4.79 Å². The fraction of sp³-hybridized carbons (Fsp3) is 0.238. The number of carbonyl (C=O) groups excluding carboxylic acids is 1. The number of benzene rings is 2. The molecule has 0 radical (unpaired) electrons. The lowest BCUT2D eigenvalue weighted by Gasteiger charge is -2.12. The van der Waals surface area contributed by atoms with Crippen LogP contribution in [0, 0.1) is 0 Å². The monoisotopic (exact) mass is 379 g/mol. The van der Waals surface area contributed by atoms with Gasteiger partial charge in [-0.3, -0.25) is 4.79 Å². The molecule has 0 unspecified atom stereocenters. The van der Waals surface area contributed by atoms with Crippen molar-refractivity contribution in [1.82, 2.24) is 14.5 Å². The van der Waals surface area contributed by atoms with Gasteiger partial charge in [-0.2, -0.15) is 0 Å². The van der Waals surface area contributed by atoms with Gasteiger partial charge >= 0.3 is 0 Å². The SMILES string of the molecule is COCCn1c(S[C@@H](C)C(=O)c2c[nH]c3ccccc23)nc2ccccc21. The Kier molecular flexibility index (Phi) is 5.01. The van der Waals surface area contributed by atoms with Crippen molar-refractivity contribution in [2.75, 3.05) is 13.7 Å². The molecular weight excluding hydrogens is 358 g/mol. The molecule has 0 amide bonds. The number of nitrogens with one attached hydrogen (secondary N) is 1. The van der Waals surface area contributed by atoms with E-state index >= 15 is 0 Å². The third kappa shape index (κ3) is 3.38. The number of rotatable bonds is 7. The van der Waals surface area contributed by atoms with Crippen LogP contribution in [0.3, 0.4) is 0 Å². The Morgan fingerprint density at radius 1 is 1.22 bits per heavy atom. The van der Waals surface area contributed by atoms with E-state index in [0.717, 1.165) is 32.7 Å². The van der Waals surface area contributed by atoms with Crippen LogP contribution in [-0.2, 0) is 11.3 Å². The molecule has 0 saturated heterocycles. The van der Waals surface area contributed by atoms with Gasteiger partial charge in [0.2, 0.25) is 0 Å². The maximum atomic E-state index is 13.1. The van der Waals surface area contributed by atoms with Crippen LogP contribution in [0.1, 0.15) is 17.3 Å². The number of ketones is 1. The smallest absolute Gasteiger partial charge is 0.178 e. The first-order chi connectivity index (χ1) is 13.2. The van der Waals surface area contributed by atoms with Crippen LogP contribution in [0.25, 0.3) is 21.9 Å². The first-order valence-electron chi connectivity index (χ1n) is 8.90. The van der Waals surface area contributed by atoms with Crippen LogP contribution >= 0.6 is 11.8 Å². The molecule has 0 saturated carbocycles. The summed E-state index contributed by atoms with van der Waals surface area (Å²) in [4.78, 5) is 21.0. The maximum Gasteiger partial charge on any atom is 0.178 e. The van der Waals surface area contributed by atoms with Crippen molar-refractivity contribution in [3.8, 4) is 0 Å². The highest BCUT2D eigenvalue weighted by Crippen LogP contribution is 2.30. The predicted octanol–water partition coefficient (Wildman–Crippen LogP) is 4.53. The molecule has 2 aromatic carbocycles. The molecule has 27 heavy (non-hydrogen) atoms. The van der Waals surface area contributed by atoms with Crippen LogP contribution in [0.5, 0.6) is 0 Å². The van der Waals surface area contributed by atoms with Crippen molar-refractivity contribution in [1.29, 1.82) is 0 Å². The Balaban J connectivity index is 1.64. The minimum Gasteiger partial charge on any atom is -0.383 e. The van der Waals surface area contributed by atoms with Gasteiger partial charge < -0.3 is 14.3 Å². The molecule has 2 heterocycles. The molecular formula is C21H21N3O2S. The molecule has 6 heteroatoms. The average Bonchev–Trinajstić information content (AvgIpc) is 3.27. The van der Waals surface area contributed by atoms with Gasteiger partial charge in [0.1, 0.15) is 0 Å². The second-order valence-corrected chi connectivity index (χ2v) is 7.71. The van der Waals surface area contributed by atoms with Gasteiger partial charge in [0, 0.05) is 36.3 Å². The third-order valence-electron chi connectivity index (χ3n) is 4.64. The Labute approximate surface area is 161 Å². The number of methoxy groups -OCH3 is 1. The third-order valence-corrected chi connectivity index (χ3v) is 5.73. The predicted molar refractivity (Wildman–Crippen MR) is 110 cm³/mol. The Hall–Kier alpha value is -2.57. The standard InChI is InChI=1S/C21H21N3O2S/c1-14(20(25)16-13-22-17-8-4-3-7-15(16)17)27-21-23-18-9-5-6-10-19(18)24(21)11-12-26-2/h3-10,13-14,22H,11-12H2,1-2H3/t14-/m0/s1. The second-order valence-electron chi connectivity index (χ2n) is 6.40. The quantitative estimate of drug-likeness (QED) is 0.379. The fourth-order valence-electron chi connectivity index (χ4n) is 3.25. The summed E-state index contributed by atoms with van der Waals surface area (Å²) in [5.41, 5.74) is 3.70. The molecule has 1 atom stereocenters. The molecule has 5 nitrogen and oxygen atoms in total. The second kappa shape index (κ2) is 7.58. The Bertz CT molecular complexity index is 1100. The number of ether oxygens (including phenoxy) is 1. The van der Waals surface area contributed by atoms with Crippen LogP contribution in [0.2, 0.25) is 0 Å². The van der Waals surface area contributed by atoms with Gasteiger partial charge in [-0.25, -0.2) is 4.98 Å². The Morgan fingerprint density at radius 3 is 2.85 bits per heavy atom. The number of Topliss-reactive ketones (excluding diaryl/α,β-unsaturated/α-hetero) is 1. The Morgan fingerprint density at radius 2 is 2.00 bits per heavy atom. The van der Waals surface area contributed by atoms with Gasteiger partial charge in [0.15, 0.2) is 10.9 Å². The van der Waals surface area contributed by atoms with Crippen LogP contribution in [-0.4, -0.2) is 39.3 Å². The summed E-state index contributed by atoms with van der Waals surface area (Å²) < 4.78 is 7.38. The highest BCUT2D eigenvalue weighted by atomic mass is 32.2. The summed E-state index contributed by atoms with van der Waals surface area (Å²) in [5, 5.41) is 1.55. The topological polar surface area (TPSA) is 59.9 Å². The molecule has 1 N–H and O–H groups in total. The zero-order chi connectivity index (χ0) is 18.8.